The summed E-state index contributed by atoms with van der Waals surface area (Å²) >= 11 is 5.86. The Balaban J connectivity index is 2.10. The molecule has 0 aromatic heterocycles. The van der Waals surface area contributed by atoms with Crippen LogP contribution < -0.4 is 15.4 Å². The van der Waals surface area contributed by atoms with E-state index in [4.69, 9.17) is 21.6 Å². The molecule has 0 saturated heterocycles. The molecule has 0 saturated carbocycles. The Morgan fingerprint density at radius 2 is 1.87 bits per heavy atom. The van der Waals surface area contributed by atoms with Crippen LogP contribution in [0.5, 0.6) is 5.75 Å². The number of hydrogen-bond acceptors (Lipinski definition) is 4. The van der Waals surface area contributed by atoms with Crippen molar-refractivity contribution in [2.24, 2.45) is 0 Å². The van der Waals surface area contributed by atoms with Crippen LogP contribution in [0.1, 0.15) is 5.56 Å². The maximum Gasteiger partial charge on any atom is 0.314 e. The van der Waals surface area contributed by atoms with Gasteiger partial charge in [-0.3, -0.25) is 9.59 Å². The molecule has 0 unspecified atom stereocenters. The van der Waals surface area contributed by atoms with Crippen LogP contribution in [-0.4, -0.2) is 18.9 Å². The molecule has 2 amide bonds. The number of anilines is 2. The summed E-state index contributed by atoms with van der Waals surface area (Å²) in [5.41, 5.74) is 1.01. The van der Waals surface area contributed by atoms with E-state index in [0.717, 1.165) is 0 Å². The Labute approximate surface area is 137 Å². The first kappa shape index (κ1) is 16.3. The molecule has 0 aliphatic rings. The molecule has 0 aliphatic carbocycles. The van der Waals surface area contributed by atoms with Gasteiger partial charge in [-0.1, -0.05) is 17.7 Å². The zero-order valence-corrected chi connectivity index (χ0v) is 12.8. The molecule has 6 nitrogen and oxygen atoms in total. The number of hydrogen-bond donors (Lipinski definition) is 2. The van der Waals surface area contributed by atoms with Crippen molar-refractivity contribution in [1.29, 1.82) is 5.26 Å². The molecule has 0 fully saturated rings. The van der Waals surface area contributed by atoms with Crippen LogP contribution in [-0.2, 0) is 9.59 Å². The molecule has 2 N–H and O–H groups in total. The van der Waals surface area contributed by atoms with E-state index < -0.39 is 11.8 Å². The molecule has 0 atom stereocenters. The fraction of sp³-hybridized carbons (Fsp3) is 0.0625. The highest BCUT2D eigenvalue weighted by atomic mass is 35.5. The molecule has 0 bridgehead atoms. The van der Waals surface area contributed by atoms with Crippen molar-refractivity contribution < 1.29 is 14.3 Å². The number of carbonyl (C=O) groups excluding carboxylic acids is 2. The summed E-state index contributed by atoms with van der Waals surface area (Å²) in [5, 5.41) is 14.0. The zero-order valence-electron chi connectivity index (χ0n) is 12.1. The summed E-state index contributed by atoms with van der Waals surface area (Å²) in [7, 11) is 1.44. The number of nitriles is 1. The van der Waals surface area contributed by atoms with Crippen molar-refractivity contribution in [3.8, 4) is 11.8 Å². The van der Waals surface area contributed by atoms with E-state index in [-0.39, 0.29) is 5.69 Å². The monoisotopic (exact) mass is 329 g/mol. The zero-order chi connectivity index (χ0) is 16.8. The van der Waals surface area contributed by atoms with Crippen molar-refractivity contribution in [2.45, 2.75) is 0 Å². The maximum atomic E-state index is 12.0. The molecule has 0 radical (unpaired) electrons. The molecular formula is C16H12ClN3O3. The number of methoxy groups -OCH3 is 1. The largest absolute Gasteiger partial charge is 0.495 e. The molecular weight excluding hydrogens is 318 g/mol. The summed E-state index contributed by atoms with van der Waals surface area (Å²) in [5.74, 6) is -1.38. The van der Waals surface area contributed by atoms with Gasteiger partial charge in [-0.05, 0) is 36.4 Å². The van der Waals surface area contributed by atoms with Crippen LogP contribution in [0.25, 0.3) is 0 Å². The van der Waals surface area contributed by atoms with E-state index in [1.165, 1.54) is 19.2 Å². The smallest absolute Gasteiger partial charge is 0.314 e. The van der Waals surface area contributed by atoms with Crippen LogP contribution in [0.2, 0.25) is 5.02 Å². The molecule has 2 aromatic carbocycles. The third-order valence-electron chi connectivity index (χ3n) is 2.87. The number of nitrogens with zero attached hydrogens (tertiary/aromatic N) is 1. The number of benzene rings is 2. The van der Waals surface area contributed by atoms with E-state index >= 15 is 0 Å². The lowest BCUT2D eigenvalue weighted by Gasteiger charge is -2.10. The standard InChI is InChI=1S/C16H12ClN3O3/c1-23-14-6-5-11(17)8-13(14)20-16(22)15(21)19-12-4-2-3-10(7-12)9-18/h2-8H,1H3,(H,19,21)(H,20,22). The van der Waals surface area contributed by atoms with Gasteiger partial charge in [0.1, 0.15) is 5.75 Å². The molecule has 0 aliphatic heterocycles. The fourth-order valence-electron chi connectivity index (χ4n) is 1.81. The molecule has 2 aromatic rings. The maximum absolute atomic E-state index is 12.0. The first-order valence-electron chi connectivity index (χ1n) is 6.49. The summed E-state index contributed by atoms with van der Waals surface area (Å²) in [6, 6.07) is 12.8. The molecule has 0 spiro atoms. The average Bonchev–Trinajstić information content (AvgIpc) is 2.55. The molecule has 2 rings (SSSR count). The molecule has 23 heavy (non-hydrogen) atoms. The van der Waals surface area contributed by atoms with Crippen molar-refractivity contribution in [3.05, 3.63) is 53.1 Å². The Kier molecular flexibility index (Phi) is 5.18. The number of amides is 2. The normalized spacial score (nSPS) is 9.61. The van der Waals surface area contributed by atoms with Crippen LogP contribution in [0.3, 0.4) is 0 Å². The van der Waals surface area contributed by atoms with Crippen LogP contribution in [0, 0.1) is 11.3 Å². The lowest BCUT2D eigenvalue weighted by Crippen LogP contribution is -2.29. The Morgan fingerprint density at radius 1 is 1.13 bits per heavy atom. The van der Waals surface area contributed by atoms with Gasteiger partial charge in [-0.15, -0.1) is 0 Å². The third-order valence-corrected chi connectivity index (χ3v) is 3.10. The second kappa shape index (κ2) is 7.29. The van der Waals surface area contributed by atoms with Gasteiger partial charge in [0.15, 0.2) is 0 Å². The van der Waals surface area contributed by atoms with Gasteiger partial charge in [0.25, 0.3) is 0 Å². The third kappa shape index (κ3) is 4.22. The van der Waals surface area contributed by atoms with Crippen LogP contribution in [0.4, 0.5) is 11.4 Å². The number of rotatable bonds is 3. The van der Waals surface area contributed by atoms with Gasteiger partial charge < -0.3 is 15.4 Å². The van der Waals surface area contributed by atoms with Crippen LogP contribution in [0.15, 0.2) is 42.5 Å². The summed E-state index contributed by atoms with van der Waals surface area (Å²) in [6.45, 7) is 0. The number of carbonyl (C=O) groups is 2. The summed E-state index contributed by atoms with van der Waals surface area (Å²) in [4.78, 5) is 23.9. The predicted molar refractivity (Wildman–Crippen MR) is 86.4 cm³/mol. The fourth-order valence-corrected chi connectivity index (χ4v) is 1.98. The van der Waals surface area contributed by atoms with Gasteiger partial charge in [-0.25, -0.2) is 0 Å². The first-order chi connectivity index (χ1) is 11.0. The van der Waals surface area contributed by atoms with E-state index in [1.54, 1.807) is 30.3 Å². The van der Waals surface area contributed by atoms with Crippen molar-refractivity contribution in [2.75, 3.05) is 17.7 Å². The van der Waals surface area contributed by atoms with Gasteiger partial charge >= 0.3 is 11.8 Å². The lowest BCUT2D eigenvalue weighted by molar-refractivity contribution is -0.133. The minimum absolute atomic E-state index is 0.283. The Hall–Kier alpha value is -3.04. The summed E-state index contributed by atoms with van der Waals surface area (Å²) in [6.07, 6.45) is 0. The van der Waals surface area contributed by atoms with E-state index in [1.807, 2.05) is 6.07 Å². The second-order valence-corrected chi connectivity index (χ2v) is 4.88. The second-order valence-electron chi connectivity index (χ2n) is 4.45. The SMILES string of the molecule is COc1ccc(Cl)cc1NC(=O)C(=O)Nc1cccc(C#N)c1. The lowest BCUT2D eigenvalue weighted by atomic mass is 10.2. The predicted octanol–water partition coefficient (Wildman–Crippen LogP) is 2.80. The Morgan fingerprint density at radius 3 is 2.57 bits per heavy atom. The molecule has 0 heterocycles. The van der Waals surface area contributed by atoms with E-state index in [0.29, 0.717) is 22.0 Å². The van der Waals surface area contributed by atoms with Gasteiger partial charge in [0.05, 0.1) is 24.4 Å². The van der Waals surface area contributed by atoms with Crippen LogP contribution >= 0.6 is 11.6 Å². The highest BCUT2D eigenvalue weighted by molar-refractivity contribution is 6.44. The van der Waals surface area contributed by atoms with Crippen molar-refractivity contribution in [1.82, 2.24) is 0 Å². The quantitative estimate of drug-likeness (QED) is 0.847. The van der Waals surface area contributed by atoms with Crippen molar-refractivity contribution >= 4 is 34.8 Å². The minimum Gasteiger partial charge on any atom is -0.495 e. The number of halogens is 1. The summed E-state index contributed by atoms with van der Waals surface area (Å²) < 4.78 is 5.09. The first-order valence-corrected chi connectivity index (χ1v) is 6.87. The van der Waals surface area contributed by atoms with E-state index in [9.17, 15) is 9.59 Å². The number of ether oxygens (including phenoxy) is 1. The highest BCUT2D eigenvalue weighted by Gasteiger charge is 2.16. The Bertz CT molecular complexity index is 799. The van der Waals surface area contributed by atoms with E-state index in [2.05, 4.69) is 10.6 Å². The van der Waals surface area contributed by atoms with Gasteiger partial charge in [0.2, 0.25) is 0 Å². The molecule has 116 valence electrons. The minimum atomic E-state index is -0.882. The van der Waals surface area contributed by atoms with Crippen molar-refractivity contribution in [3.63, 3.8) is 0 Å². The average molecular weight is 330 g/mol. The number of nitrogens with one attached hydrogen (secondary N) is 2. The van der Waals surface area contributed by atoms with Gasteiger partial charge in [0, 0.05) is 10.7 Å². The molecule has 7 heteroatoms. The topological polar surface area (TPSA) is 91.2 Å². The van der Waals surface area contributed by atoms with Gasteiger partial charge in [-0.2, -0.15) is 5.26 Å². The highest BCUT2D eigenvalue weighted by Crippen LogP contribution is 2.27.